The molecule has 1 amide bonds. The summed E-state index contributed by atoms with van der Waals surface area (Å²) in [5.74, 6) is -2.10. The van der Waals surface area contributed by atoms with Gasteiger partial charge in [-0.1, -0.05) is 61.2 Å². The second-order valence-corrected chi connectivity index (χ2v) is 6.69. The van der Waals surface area contributed by atoms with Crippen LogP contribution in [0.4, 0.5) is 8.78 Å². The van der Waals surface area contributed by atoms with Crippen molar-refractivity contribution in [3.8, 4) is 16.9 Å². The summed E-state index contributed by atoms with van der Waals surface area (Å²) in [7, 11) is 0. The number of amides is 1. The van der Waals surface area contributed by atoms with Crippen molar-refractivity contribution < 1.29 is 13.6 Å². The van der Waals surface area contributed by atoms with Crippen LogP contribution < -0.4 is 10.9 Å². The van der Waals surface area contributed by atoms with E-state index < -0.39 is 17.5 Å². The molecule has 0 aliphatic rings. The second-order valence-electron chi connectivity index (χ2n) is 6.69. The highest BCUT2D eigenvalue weighted by molar-refractivity contribution is 6.00. The van der Waals surface area contributed by atoms with E-state index in [9.17, 15) is 13.6 Å². The van der Waals surface area contributed by atoms with Crippen LogP contribution in [0.1, 0.15) is 15.9 Å². The van der Waals surface area contributed by atoms with Crippen molar-refractivity contribution in [2.75, 3.05) is 0 Å². The van der Waals surface area contributed by atoms with Crippen molar-refractivity contribution in [3.05, 3.63) is 114 Å². The van der Waals surface area contributed by atoms with Gasteiger partial charge in [0.25, 0.3) is 5.91 Å². The predicted octanol–water partition coefficient (Wildman–Crippen LogP) is 4.72. The summed E-state index contributed by atoms with van der Waals surface area (Å²) in [6.45, 7) is 3.62. The van der Waals surface area contributed by atoms with Gasteiger partial charge in [-0.05, 0) is 24.3 Å². The zero-order valence-electron chi connectivity index (χ0n) is 16.3. The highest BCUT2D eigenvalue weighted by Crippen LogP contribution is 2.24. The number of hydrogen-bond acceptors (Lipinski definition) is 3. The summed E-state index contributed by atoms with van der Waals surface area (Å²) in [6, 6.07) is 22.1. The Morgan fingerprint density at radius 1 is 0.839 bits per heavy atom. The Morgan fingerprint density at radius 3 is 2.10 bits per heavy atom. The molecule has 154 valence electrons. The van der Waals surface area contributed by atoms with E-state index >= 15 is 0 Å². The molecule has 0 aliphatic heterocycles. The van der Waals surface area contributed by atoms with Gasteiger partial charge in [0, 0.05) is 11.8 Å². The number of nitrogens with one attached hydrogen (secondary N) is 2. The van der Waals surface area contributed by atoms with Crippen molar-refractivity contribution >= 4 is 11.6 Å². The van der Waals surface area contributed by atoms with Crippen LogP contribution in [0.5, 0.6) is 0 Å². The summed E-state index contributed by atoms with van der Waals surface area (Å²) in [6.07, 6.45) is 1.60. The SMILES string of the molecule is C=C(NNC(=O)c1cn(-c2ccccc2)nc1-c1ccccc1)c1c(F)cccc1F. The minimum atomic E-state index is -0.784. The van der Waals surface area contributed by atoms with Gasteiger partial charge < -0.3 is 0 Å². The zero-order chi connectivity index (χ0) is 21.8. The molecule has 5 nitrogen and oxygen atoms in total. The molecule has 0 bridgehead atoms. The Labute approximate surface area is 177 Å². The van der Waals surface area contributed by atoms with Crippen molar-refractivity contribution in [1.29, 1.82) is 0 Å². The van der Waals surface area contributed by atoms with E-state index in [2.05, 4.69) is 22.5 Å². The first-order chi connectivity index (χ1) is 15.0. The van der Waals surface area contributed by atoms with Crippen LogP contribution in [0.3, 0.4) is 0 Å². The fourth-order valence-corrected chi connectivity index (χ4v) is 3.11. The van der Waals surface area contributed by atoms with Crippen LogP contribution in [0.25, 0.3) is 22.6 Å². The molecule has 4 aromatic rings. The van der Waals surface area contributed by atoms with Crippen LogP contribution in [-0.4, -0.2) is 15.7 Å². The van der Waals surface area contributed by atoms with Gasteiger partial charge in [0.05, 0.1) is 22.5 Å². The maximum absolute atomic E-state index is 14.0. The minimum Gasteiger partial charge on any atom is -0.298 e. The van der Waals surface area contributed by atoms with Gasteiger partial charge in [0.1, 0.15) is 17.3 Å². The molecular formula is C24H18F2N4O. The lowest BCUT2D eigenvalue weighted by Gasteiger charge is -2.12. The first-order valence-corrected chi connectivity index (χ1v) is 9.45. The number of carbonyl (C=O) groups excluding carboxylic acids is 1. The molecule has 0 radical (unpaired) electrons. The van der Waals surface area contributed by atoms with Crippen LogP contribution >= 0.6 is 0 Å². The van der Waals surface area contributed by atoms with Gasteiger partial charge in [-0.2, -0.15) is 5.10 Å². The van der Waals surface area contributed by atoms with Gasteiger partial charge >= 0.3 is 0 Å². The van der Waals surface area contributed by atoms with Crippen molar-refractivity contribution in [1.82, 2.24) is 20.6 Å². The topological polar surface area (TPSA) is 58.9 Å². The summed E-state index contributed by atoms with van der Waals surface area (Å²) < 4.78 is 29.5. The summed E-state index contributed by atoms with van der Waals surface area (Å²) >= 11 is 0. The Balaban J connectivity index is 1.62. The number of hydrazine groups is 1. The lowest BCUT2D eigenvalue weighted by molar-refractivity contribution is 0.0943. The summed E-state index contributed by atoms with van der Waals surface area (Å²) in [4.78, 5) is 12.9. The lowest BCUT2D eigenvalue weighted by Crippen LogP contribution is -2.36. The van der Waals surface area contributed by atoms with Gasteiger partial charge in [0.15, 0.2) is 0 Å². The number of benzene rings is 3. The Hall–Kier alpha value is -4.26. The molecule has 0 unspecified atom stereocenters. The maximum atomic E-state index is 14.0. The monoisotopic (exact) mass is 416 g/mol. The first kappa shape index (κ1) is 20.0. The molecule has 0 spiro atoms. The normalized spacial score (nSPS) is 10.5. The molecule has 7 heteroatoms. The number of aromatic nitrogens is 2. The fourth-order valence-electron chi connectivity index (χ4n) is 3.11. The summed E-state index contributed by atoms with van der Waals surface area (Å²) in [5, 5.41) is 4.57. The third kappa shape index (κ3) is 4.20. The fraction of sp³-hybridized carbons (Fsp3) is 0. The van der Waals surface area contributed by atoms with E-state index in [0.717, 1.165) is 23.4 Å². The number of rotatable bonds is 6. The van der Waals surface area contributed by atoms with Crippen LogP contribution in [0, 0.1) is 11.6 Å². The quantitative estimate of drug-likeness (QED) is 0.447. The average molecular weight is 416 g/mol. The van der Waals surface area contributed by atoms with Crippen molar-refractivity contribution in [2.45, 2.75) is 0 Å². The number of halogens is 2. The summed E-state index contributed by atoms with van der Waals surface area (Å²) in [5.41, 5.74) is 6.77. The van der Waals surface area contributed by atoms with E-state index in [1.165, 1.54) is 6.07 Å². The standard InChI is InChI=1S/C24H18F2N4O/c1-16(22-20(25)13-8-14-21(22)26)27-28-24(31)19-15-30(18-11-6-3-7-12-18)29-23(19)17-9-4-2-5-10-17/h2-15,27H,1H2,(H,28,31). The molecule has 0 saturated carbocycles. The van der Waals surface area contributed by atoms with E-state index in [-0.39, 0.29) is 16.8 Å². The van der Waals surface area contributed by atoms with Crippen LogP contribution in [-0.2, 0) is 0 Å². The van der Waals surface area contributed by atoms with Crippen LogP contribution in [0.15, 0.2) is 91.6 Å². The third-order valence-electron chi connectivity index (χ3n) is 4.62. The molecule has 0 fully saturated rings. The maximum Gasteiger partial charge on any atom is 0.273 e. The van der Waals surface area contributed by atoms with Crippen molar-refractivity contribution in [3.63, 3.8) is 0 Å². The predicted molar refractivity (Wildman–Crippen MR) is 115 cm³/mol. The van der Waals surface area contributed by atoms with Gasteiger partial charge in [0.2, 0.25) is 0 Å². The van der Waals surface area contributed by atoms with Gasteiger partial charge in [-0.25, -0.2) is 13.5 Å². The average Bonchev–Trinajstić information content (AvgIpc) is 3.24. The Bertz CT molecular complexity index is 1220. The highest BCUT2D eigenvalue weighted by atomic mass is 19.1. The van der Waals surface area contributed by atoms with Crippen molar-refractivity contribution in [2.24, 2.45) is 0 Å². The molecule has 0 saturated heterocycles. The Kier molecular flexibility index (Phi) is 5.57. The van der Waals surface area contributed by atoms with Gasteiger partial charge in [-0.3, -0.25) is 15.6 Å². The van der Waals surface area contributed by atoms with E-state index in [1.54, 1.807) is 10.9 Å². The third-order valence-corrected chi connectivity index (χ3v) is 4.62. The van der Waals surface area contributed by atoms with E-state index in [4.69, 9.17) is 0 Å². The largest absolute Gasteiger partial charge is 0.298 e. The second kappa shape index (κ2) is 8.62. The minimum absolute atomic E-state index is 0.110. The highest BCUT2D eigenvalue weighted by Gasteiger charge is 2.19. The molecule has 0 atom stereocenters. The molecule has 31 heavy (non-hydrogen) atoms. The first-order valence-electron chi connectivity index (χ1n) is 9.45. The molecule has 0 aliphatic carbocycles. The van der Waals surface area contributed by atoms with Gasteiger partial charge in [-0.15, -0.1) is 0 Å². The number of hydrogen-bond donors (Lipinski definition) is 2. The van der Waals surface area contributed by atoms with Crippen LogP contribution in [0.2, 0.25) is 0 Å². The molecule has 1 heterocycles. The molecule has 4 rings (SSSR count). The van der Waals surface area contributed by atoms with E-state index in [0.29, 0.717) is 5.69 Å². The molecular weight excluding hydrogens is 398 g/mol. The number of para-hydroxylation sites is 1. The molecule has 2 N–H and O–H groups in total. The van der Waals surface area contributed by atoms with E-state index in [1.807, 2.05) is 60.7 Å². The smallest absolute Gasteiger partial charge is 0.273 e. The number of carbonyl (C=O) groups is 1. The Morgan fingerprint density at radius 2 is 1.45 bits per heavy atom. The molecule has 1 aromatic heterocycles. The number of nitrogens with zero attached hydrogens (tertiary/aromatic N) is 2. The lowest BCUT2D eigenvalue weighted by atomic mass is 10.1. The molecule has 3 aromatic carbocycles. The zero-order valence-corrected chi connectivity index (χ0v) is 16.3.